The molecule has 1 aromatic carbocycles. The second-order valence-electron chi connectivity index (χ2n) is 3.66. The van der Waals surface area contributed by atoms with Crippen molar-refractivity contribution < 1.29 is 14.7 Å². The molecule has 2 rings (SSSR count). The van der Waals surface area contributed by atoms with Gasteiger partial charge >= 0.3 is 12.0 Å². The Labute approximate surface area is 112 Å². The minimum atomic E-state index is -1.01. The summed E-state index contributed by atoms with van der Waals surface area (Å²) in [4.78, 5) is 22.4. The highest BCUT2D eigenvalue weighted by atomic mass is 32.1. The molecule has 0 radical (unpaired) electrons. The number of aromatic carboxylic acids is 1. The molecule has 0 bridgehead atoms. The number of carbonyl (C=O) groups excluding carboxylic acids is 1. The van der Waals surface area contributed by atoms with Gasteiger partial charge in [0.15, 0.2) is 0 Å². The van der Waals surface area contributed by atoms with Gasteiger partial charge in [0, 0.05) is 5.69 Å². The second kappa shape index (κ2) is 5.44. The molecule has 1 heterocycles. The van der Waals surface area contributed by atoms with Crippen molar-refractivity contribution in [2.24, 2.45) is 0 Å². The number of nitrogens with zero attached hydrogens (tertiary/aromatic N) is 2. The maximum absolute atomic E-state index is 11.7. The number of carbonyl (C=O) groups is 2. The number of carboxylic acid groups (broad SMARTS) is 1. The molecule has 7 nitrogen and oxygen atoms in total. The zero-order valence-corrected chi connectivity index (χ0v) is 10.7. The van der Waals surface area contributed by atoms with Crippen molar-refractivity contribution >= 4 is 34.2 Å². The summed E-state index contributed by atoms with van der Waals surface area (Å²) >= 11 is 1.20. The van der Waals surface area contributed by atoms with Gasteiger partial charge in [0.05, 0.1) is 5.56 Å². The first-order valence-corrected chi connectivity index (χ1v) is 6.12. The number of hydrogen-bond acceptors (Lipinski definition) is 5. The summed E-state index contributed by atoms with van der Waals surface area (Å²) in [6.45, 7) is 1.72. The van der Waals surface area contributed by atoms with Crippen molar-refractivity contribution in [3.05, 3.63) is 34.8 Å². The highest BCUT2D eigenvalue weighted by Crippen LogP contribution is 2.17. The van der Waals surface area contributed by atoms with E-state index in [1.54, 1.807) is 13.0 Å². The summed E-state index contributed by atoms with van der Waals surface area (Å²) in [5.41, 5.74) is 2.87. The van der Waals surface area contributed by atoms with Crippen LogP contribution in [0.1, 0.15) is 15.9 Å². The second-order valence-corrected chi connectivity index (χ2v) is 4.49. The van der Waals surface area contributed by atoms with Crippen molar-refractivity contribution in [3.8, 4) is 0 Å². The lowest BCUT2D eigenvalue weighted by atomic mass is 10.1. The van der Waals surface area contributed by atoms with Crippen LogP contribution in [0.3, 0.4) is 0 Å². The lowest BCUT2D eigenvalue weighted by Crippen LogP contribution is -2.20. The van der Waals surface area contributed by atoms with Gasteiger partial charge in [0.2, 0.25) is 5.13 Å². The van der Waals surface area contributed by atoms with Gasteiger partial charge in [0.25, 0.3) is 0 Å². The Morgan fingerprint density at radius 1 is 1.32 bits per heavy atom. The normalized spacial score (nSPS) is 9.95. The van der Waals surface area contributed by atoms with Crippen LogP contribution in [0, 0.1) is 6.92 Å². The molecule has 0 atom stereocenters. The lowest BCUT2D eigenvalue weighted by molar-refractivity contribution is 0.0697. The van der Waals surface area contributed by atoms with Crippen LogP contribution in [0.25, 0.3) is 0 Å². The number of amides is 2. The maximum atomic E-state index is 11.7. The molecule has 2 aromatic rings. The van der Waals surface area contributed by atoms with E-state index in [0.29, 0.717) is 16.4 Å². The van der Waals surface area contributed by atoms with Crippen LogP contribution in [-0.2, 0) is 0 Å². The van der Waals surface area contributed by atoms with Gasteiger partial charge in [-0.3, -0.25) is 5.32 Å². The first-order chi connectivity index (χ1) is 9.06. The van der Waals surface area contributed by atoms with Crippen LogP contribution in [-0.4, -0.2) is 27.3 Å². The Balaban J connectivity index is 2.07. The smallest absolute Gasteiger partial charge is 0.335 e. The van der Waals surface area contributed by atoms with E-state index >= 15 is 0 Å². The predicted molar refractivity (Wildman–Crippen MR) is 70.7 cm³/mol. The number of carboxylic acids is 1. The number of hydrogen-bond donors (Lipinski definition) is 3. The fourth-order valence-electron chi connectivity index (χ4n) is 1.42. The third-order valence-corrected chi connectivity index (χ3v) is 2.91. The fourth-order valence-corrected chi connectivity index (χ4v) is 1.86. The van der Waals surface area contributed by atoms with E-state index < -0.39 is 12.0 Å². The molecule has 98 valence electrons. The minimum absolute atomic E-state index is 0.174. The van der Waals surface area contributed by atoms with E-state index in [0.717, 1.165) is 0 Å². The number of nitrogens with one attached hydrogen (secondary N) is 2. The molecule has 0 unspecified atom stereocenters. The van der Waals surface area contributed by atoms with Crippen molar-refractivity contribution in [3.63, 3.8) is 0 Å². The Kier molecular flexibility index (Phi) is 3.71. The van der Waals surface area contributed by atoms with Crippen molar-refractivity contribution in [1.29, 1.82) is 0 Å². The molecule has 0 aliphatic rings. The molecule has 0 spiro atoms. The largest absolute Gasteiger partial charge is 0.478 e. The van der Waals surface area contributed by atoms with E-state index in [1.165, 1.54) is 29.0 Å². The summed E-state index contributed by atoms with van der Waals surface area (Å²) in [5.74, 6) is -1.01. The monoisotopic (exact) mass is 278 g/mol. The maximum Gasteiger partial charge on any atom is 0.335 e. The van der Waals surface area contributed by atoms with E-state index in [4.69, 9.17) is 5.11 Å². The van der Waals surface area contributed by atoms with Crippen molar-refractivity contribution in [2.45, 2.75) is 6.92 Å². The Hall–Kier alpha value is -2.48. The third-order valence-electron chi connectivity index (χ3n) is 2.30. The van der Waals surface area contributed by atoms with Gasteiger partial charge in [-0.05, 0) is 30.7 Å². The zero-order valence-electron chi connectivity index (χ0n) is 9.88. The fraction of sp³-hybridized carbons (Fsp3) is 0.0909. The van der Waals surface area contributed by atoms with Gasteiger partial charge in [-0.2, -0.15) is 0 Å². The topological polar surface area (TPSA) is 104 Å². The number of aromatic nitrogens is 2. The van der Waals surface area contributed by atoms with Crippen LogP contribution >= 0.6 is 11.3 Å². The van der Waals surface area contributed by atoms with Crippen molar-refractivity contribution in [1.82, 2.24) is 10.2 Å². The number of aryl methyl sites for hydroxylation is 1. The summed E-state index contributed by atoms with van der Waals surface area (Å²) < 4.78 is 0. The van der Waals surface area contributed by atoms with Crippen molar-refractivity contribution in [2.75, 3.05) is 10.6 Å². The SMILES string of the molecule is Cc1cc(C(=O)O)ccc1NC(=O)Nc1nncs1. The quantitative estimate of drug-likeness (QED) is 0.798. The highest BCUT2D eigenvalue weighted by Gasteiger charge is 2.09. The Bertz CT molecular complexity index is 612. The first-order valence-electron chi connectivity index (χ1n) is 5.24. The summed E-state index contributed by atoms with van der Waals surface area (Å²) in [5, 5.41) is 21.6. The molecule has 0 saturated heterocycles. The third kappa shape index (κ3) is 3.26. The summed E-state index contributed by atoms with van der Waals surface area (Å²) in [7, 11) is 0. The summed E-state index contributed by atoms with van der Waals surface area (Å²) in [6.07, 6.45) is 0. The molecule has 19 heavy (non-hydrogen) atoms. The molecule has 0 saturated carbocycles. The molecule has 8 heteroatoms. The van der Waals surface area contributed by atoms with E-state index in [-0.39, 0.29) is 5.56 Å². The number of anilines is 2. The van der Waals surface area contributed by atoms with E-state index in [2.05, 4.69) is 20.8 Å². The van der Waals surface area contributed by atoms with Gasteiger partial charge in [-0.25, -0.2) is 9.59 Å². The predicted octanol–water partition coefficient (Wildman–Crippen LogP) is 2.19. The molecule has 0 fully saturated rings. The molecule has 3 N–H and O–H groups in total. The standard InChI is InChI=1S/C11H10N4O3S/c1-6-4-7(9(16)17)2-3-8(6)13-10(18)14-11-15-12-5-19-11/h2-5H,1H3,(H,16,17)(H2,13,14,15,18). The lowest BCUT2D eigenvalue weighted by Gasteiger charge is -2.08. The average molecular weight is 278 g/mol. The molecule has 0 aliphatic heterocycles. The molecule has 2 amide bonds. The summed E-state index contributed by atoms with van der Waals surface area (Å²) in [6, 6.07) is 4.00. The highest BCUT2D eigenvalue weighted by molar-refractivity contribution is 7.13. The minimum Gasteiger partial charge on any atom is -0.478 e. The van der Waals surface area contributed by atoms with Gasteiger partial charge in [0.1, 0.15) is 5.51 Å². The van der Waals surface area contributed by atoms with Crippen LogP contribution in [0.4, 0.5) is 15.6 Å². The number of urea groups is 1. The first kappa shape index (κ1) is 13.0. The van der Waals surface area contributed by atoms with Crippen LogP contribution < -0.4 is 10.6 Å². The Morgan fingerprint density at radius 3 is 2.68 bits per heavy atom. The Morgan fingerprint density at radius 2 is 2.11 bits per heavy atom. The van der Waals surface area contributed by atoms with E-state index in [1.807, 2.05) is 0 Å². The van der Waals surface area contributed by atoms with Gasteiger partial charge < -0.3 is 10.4 Å². The van der Waals surface area contributed by atoms with Crippen LogP contribution in [0.2, 0.25) is 0 Å². The van der Waals surface area contributed by atoms with Crippen LogP contribution in [0.15, 0.2) is 23.7 Å². The van der Waals surface area contributed by atoms with Gasteiger partial charge in [-0.1, -0.05) is 11.3 Å². The van der Waals surface area contributed by atoms with Gasteiger partial charge in [-0.15, -0.1) is 10.2 Å². The molecule has 0 aliphatic carbocycles. The zero-order chi connectivity index (χ0) is 13.8. The van der Waals surface area contributed by atoms with Crippen LogP contribution in [0.5, 0.6) is 0 Å². The number of benzene rings is 1. The average Bonchev–Trinajstić information content (AvgIpc) is 2.84. The molecular weight excluding hydrogens is 268 g/mol. The number of rotatable bonds is 3. The molecular formula is C11H10N4O3S. The molecule has 1 aromatic heterocycles. The van der Waals surface area contributed by atoms with E-state index in [9.17, 15) is 9.59 Å².